The van der Waals surface area contributed by atoms with Crippen LogP contribution in [0.4, 0.5) is 5.69 Å². The van der Waals surface area contributed by atoms with E-state index in [0.717, 1.165) is 13.0 Å². The third kappa shape index (κ3) is 3.40. The first-order valence-electron chi connectivity index (χ1n) is 7.17. The molecule has 0 bridgehead atoms. The van der Waals surface area contributed by atoms with Gasteiger partial charge >= 0.3 is 0 Å². The molecule has 2 aromatic rings. The Kier molecular flexibility index (Phi) is 4.80. The van der Waals surface area contributed by atoms with Crippen LogP contribution >= 0.6 is 0 Å². The van der Waals surface area contributed by atoms with Gasteiger partial charge in [-0.1, -0.05) is 42.0 Å². The third-order valence-electron chi connectivity index (χ3n) is 3.73. The van der Waals surface area contributed by atoms with Crippen LogP contribution in [0, 0.1) is 13.8 Å². The van der Waals surface area contributed by atoms with Gasteiger partial charge in [-0.3, -0.25) is 0 Å². The number of hydrogen-bond donors (Lipinski definition) is 1. The van der Waals surface area contributed by atoms with Crippen molar-refractivity contribution in [1.29, 1.82) is 0 Å². The van der Waals surface area contributed by atoms with Crippen molar-refractivity contribution in [3.05, 3.63) is 64.7 Å². The molecule has 0 unspecified atom stereocenters. The first-order valence-corrected chi connectivity index (χ1v) is 7.17. The molecule has 2 nitrogen and oxygen atoms in total. The zero-order chi connectivity index (χ0) is 14.5. The summed E-state index contributed by atoms with van der Waals surface area (Å²) in [4.78, 5) is 2.31. The number of hydrogen-bond acceptors (Lipinski definition) is 2. The van der Waals surface area contributed by atoms with Gasteiger partial charge in [-0.15, -0.1) is 0 Å². The second-order valence-corrected chi connectivity index (χ2v) is 5.45. The Morgan fingerprint density at radius 2 is 1.75 bits per heavy atom. The van der Waals surface area contributed by atoms with Crippen LogP contribution in [0.15, 0.2) is 42.5 Å². The highest BCUT2D eigenvalue weighted by atomic mass is 15.1. The number of nitrogens with zero attached hydrogens (tertiary/aromatic N) is 1. The molecule has 20 heavy (non-hydrogen) atoms. The highest BCUT2D eigenvalue weighted by molar-refractivity contribution is 5.55. The van der Waals surface area contributed by atoms with Crippen LogP contribution in [0.5, 0.6) is 0 Å². The molecule has 2 heteroatoms. The maximum Gasteiger partial charge on any atom is 0.0428 e. The van der Waals surface area contributed by atoms with Crippen molar-refractivity contribution in [1.82, 2.24) is 0 Å². The smallest absolute Gasteiger partial charge is 0.0428 e. The average Bonchev–Trinajstić information content (AvgIpc) is 2.42. The molecule has 0 aliphatic carbocycles. The van der Waals surface area contributed by atoms with E-state index in [2.05, 4.69) is 68.3 Å². The number of aryl methyl sites for hydroxylation is 2. The lowest BCUT2D eigenvalue weighted by atomic mass is 10.0. The van der Waals surface area contributed by atoms with Gasteiger partial charge in [0, 0.05) is 19.3 Å². The molecular formula is C18H24N2. The Balaban J connectivity index is 2.25. The molecule has 0 atom stereocenters. The van der Waals surface area contributed by atoms with Crippen LogP contribution in [0.2, 0.25) is 0 Å². The summed E-state index contributed by atoms with van der Waals surface area (Å²) in [6, 6.07) is 15.2. The van der Waals surface area contributed by atoms with Crippen LogP contribution < -0.4 is 10.6 Å². The van der Waals surface area contributed by atoms with Gasteiger partial charge in [-0.2, -0.15) is 0 Å². The minimum atomic E-state index is 0.689. The van der Waals surface area contributed by atoms with Crippen molar-refractivity contribution in [2.75, 3.05) is 18.5 Å². The molecule has 0 radical (unpaired) electrons. The molecule has 0 amide bonds. The number of rotatable bonds is 5. The lowest BCUT2D eigenvalue weighted by molar-refractivity contribution is 0.886. The molecule has 0 saturated carbocycles. The lowest BCUT2D eigenvalue weighted by Crippen LogP contribution is -2.19. The molecule has 2 N–H and O–H groups in total. The van der Waals surface area contributed by atoms with Crippen molar-refractivity contribution in [2.45, 2.75) is 26.8 Å². The quantitative estimate of drug-likeness (QED) is 0.900. The minimum absolute atomic E-state index is 0.689. The average molecular weight is 268 g/mol. The zero-order valence-corrected chi connectivity index (χ0v) is 12.7. The third-order valence-corrected chi connectivity index (χ3v) is 3.73. The minimum Gasteiger partial charge on any atom is -0.370 e. The van der Waals surface area contributed by atoms with Crippen LogP contribution in [0.1, 0.15) is 22.3 Å². The van der Waals surface area contributed by atoms with Gasteiger partial charge in [0.1, 0.15) is 0 Å². The van der Waals surface area contributed by atoms with Crippen LogP contribution in [0.25, 0.3) is 0 Å². The fourth-order valence-corrected chi connectivity index (χ4v) is 2.57. The number of benzene rings is 2. The summed E-state index contributed by atoms with van der Waals surface area (Å²) >= 11 is 0. The standard InChI is InChI=1S/C18H24N2/c1-14-8-9-18(16(12-14)10-11-19)20(3)13-17-7-5-4-6-15(17)2/h4-9,12H,10-11,13,19H2,1-3H3. The summed E-state index contributed by atoms with van der Waals surface area (Å²) in [5.41, 5.74) is 12.4. The molecule has 2 aromatic carbocycles. The summed E-state index contributed by atoms with van der Waals surface area (Å²) in [6.45, 7) is 5.91. The molecule has 0 heterocycles. The summed E-state index contributed by atoms with van der Waals surface area (Å²) < 4.78 is 0. The predicted octanol–water partition coefficient (Wildman–Crippen LogP) is 3.44. The molecule has 0 aliphatic rings. The Bertz CT molecular complexity index is 575. The fourth-order valence-electron chi connectivity index (χ4n) is 2.57. The van der Waals surface area contributed by atoms with E-state index in [1.165, 1.54) is 27.9 Å². The second-order valence-electron chi connectivity index (χ2n) is 5.45. The van der Waals surface area contributed by atoms with Crippen molar-refractivity contribution in [2.24, 2.45) is 5.73 Å². The summed E-state index contributed by atoms with van der Waals surface area (Å²) in [5.74, 6) is 0. The van der Waals surface area contributed by atoms with Crippen molar-refractivity contribution >= 4 is 5.69 Å². The molecule has 0 fully saturated rings. The highest BCUT2D eigenvalue weighted by Gasteiger charge is 2.09. The van der Waals surface area contributed by atoms with Crippen molar-refractivity contribution in [3.8, 4) is 0 Å². The zero-order valence-electron chi connectivity index (χ0n) is 12.7. The topological polar surface area (TPSA) is 29.3 Å². The molecule has 0 aliphatic heterocycles. The molecule has 0 spiro atoms. The molecule has 0 saturated heterocycles. The van der Waals surface area contributed by atoms with E-state index >= 15 is 0 Å². The fraction of sp³-hybridized carbons (Fsp3) is 0.333. The summed E-state index contributed by atoms with van der Waals surface area (Å²) in [6.07, 6.45) is 0.926. The molecule has 2 rings (SSSR count). The SMILES string of the molecule is Cc1ccc(N(C)Cc2ccccc2C)c(CCN)c1. The first-order chi connectivity index (χ1) is 9.61. The van der Waals surface area contributed by atoms with E-state index in [1.54, 1.807) is 0 Å². The molecule has 0 aromatic heterocycles. The van der Waals surface area contributed by atoms with Crippen molar-refractivity contribution in [3.63, 3.8) is 0 Å². The van der Waals surface area contributed by atoms with Crippen LogP contribution in [0.3, 0.4) is 0 Å². The van der Waals surface area contributed by atoms with E-state index in [9.17, 15) is 0 Å². The Labute approximate surface area is 122 Å². The normalized spacial score (nSPS) is 10.6. The number of anilines is 1. The molecular weight excluding hydrogens is 244 g/mol. The van der Waals surface area contributed by atoms with E-state index in [4.69, 9.17) is 5.73 Å². The second kappa shape index (κ2) is 6.58. The Morgan fingerprint density at radius 1 is 1.00 bits per heavy atom. The largest absolute Gasteiger partial charge is 0.370 e. The maximum absolute atomic E-state index is 5.74. The van der Waals surface area contributed by atoms with Crippen LogP contribution in [-0.2, 0) is 13.0 Å². The Morgan fingerprint density at radius 3 is 2.45 bits per heavy atom. The van der Waals surface area contributed by atoms with E-state index in [-0.39, 0.29) is 0 Å². The van der Waals surface area contributed by atoms with Gasteiger partial charge in [0.2, 0.25) is 0 Å². The van der Waals surface area contributed by atoms with Gasteiger partial charge in [0.15, 0.2) is 0 Å². The van der Waals surface area contributed by atoms with Gasteiger partial charge in [0.25, 0.3) is 0 Å². The van der Waals surface area contributed by atoms with E-state index in [1.807, 2.05) is 0 Å². The number of nitrogens with two attached hydrogens (primary N) is 1. The van der Waals surface area contributed by atoms with Crippen LogP contribution in [-0.4, -0.2) is 13.6 Å². The van der Waals surface area contributed by atoms with Gasteiger partial charge in [-0.05, 0) is 49.6 Å². The van der Waals surface area contributed by atoms with E-state index < -0.39 is 0 Å². The highest BCUT2D eigenvalue weighted by Crippen LogP contribution is 2.23. The summed E-state index contributed by atoms with van der Waals surface area (Å²) in [7, 11) is 2.15. The molecule has 106 valence electrons. The van der Waals surface area contributed by atoms with Gasteiger partial charge in [0.05, 0.1) is 0 Å². The van der Waals surface area contributed by atoms with Crippen molar-refractivity contribution < 1.29 is 0 Å². The van der Waals surface area contributed by atoms with Gasteiger partial charge < -0.3 is 10.6 Å². The first kappa shape index (κ1) is 14.6. The van der Waals surface area contributed by atoms with Gasteiger partial charge in [-0.25, -0.2) is 0 Å². The monoisotopic (exact) mass is 268 g/mol. The van der Waals surface area contributed by atoms with E-state index in [0.29, 0.717) is 6.54 Å². The lowest BCUT2D eigenvalue weighted by Gasteiger charge is -2.24. The predicted molar refractivity (Wildman–Crippen MR) is 87.2 cm³/mol. The maximum atomic E-state index is 5.74. The summed E-state index contributed by atoms with van der Waals surface area (Å²) in [5, 5.41) is 0. The Hall–Kier alpha value is -1.80.